The number of nitrogens with one attached hydrogen (secondary N) is 1. The lowest BCUT2D eigenvalue weighted by Crippen LogP contribution is -2.03. The maximum atomic E-state index is 11.3. The molecular weight excluding hydrogens is 294 g/mol. The van der Waals surface area contributed by atoms with Crippen molar-refractivity contribution in [3.63, 3.8) is 0 Å². The van der Waals surface area contributed by atoms with Gasteiger partial charge in [-0.2, -0.15) is 0 Å². The molecule has 0 unspecified atom stereocenters. The van der Waals surface area contributed by atoms with Gasteiger partial charge in [-0.1, -0.05) is 30.3 Å². The van der Waals surface area contributed by atoms with Crippen molar-refractivity contribution in [1.29, 1.82) is 0 Å². The van der Waals surface area contributed by atoms with Crippen LogP contribution in [0.1, 0.15) is 31.1 Å². The van der Waals surface area contributed by atoms with Crippen molar-refractivity contribution in [1.82, 2.24) is 0 Å². The molecule has 0 saturated heterocycles. The second kappa shape index (κ2) is 8.59. The van der Waals surface area contributed by atoms with Gasteiger partial charge in [0.25, 0.3) is 0 Å². The predicted molar refractivity (Wildman–Crippen MR) is 93.5 cm³/mol. The van der Waals surface area contributed by atoms with Gasteiger partial charge in [0.15, 0.2) is 0 Å². The zero-order valence-electron chi connectivity index (χ0n) is 13.2. The van der Waals surface area contributed by atoms with E-state index >= 15 is 0 Å². The number of benzene rings is 1. The third kappa shape index (κ3) is 4.60. The van der Waals surface area contributed by atoms with E-state index in [0.717, 1.165) is 19.3 Å². The molecule has 0 radical (unpaired) electrons. The Morgan fingerprint density at radius 3 is 2.68 bits per heavy atom. The highest BCUT2D eigenvalue weighted by Crippen LogP contribution is 2.35. The summed E-state index contributed by atoms with van der Waals surface area (Å²) in [6.45, 7) is 2.31. The molecule has 0 spiro atoms. The Labute approximate surface area is 136 Å². The molecule has 1 heterocycles. The van der Waals surface area contributed by atoms with Crippen LogP contribution in [-0.2, 0) is 16.0 Å². The smallest absolute Gasteiger partial charge is 0.305 e. The van der Waals surface area contributed by atoms with Crippen LogP contribution in [-0.4, -0.2) is 19.6 Å². The van der Waals surface area contributed by atoms with Crippen molar-refractivity contribution in [2.24, 2.45) is 0 Å². The lowest BCUT2D eigenvalue weighted by Gasteiger charge is -2.03. The molecule has 0 bridgehead atoms. The van der Waals surface area contributed by atoms with E-state index in [1.54, 1.807) is 0 Å². The molecule has 1 aromatic heterocycles. The topological polar surface area (TPSA) is 38.3 Å². The van der Waals surface area contributed by atoms with E-state index in [1.807, 2.05) is 31.4 Å². The van der Waals surface area contributed by atoms with Gasteiger partial charge in [-0.05, 0) is 37.8 Å². The summed E-state index contributed by atoms with van der Waals surface area (Å²) in [5.41, 5.74) is 2.45. The SMILES string of the molecule is CCOC(=O)CCCCc1sc(-c2ccccc2)cc1NC. The van der Waals surface area contributed by atoms with Crippen molar-refractivity contribution in [2.45, 2.75) is 32.6 Å². The molecule has 0 atom stereocenters. The van der Waals surface area contributed by atoms with Crippen LogP contribution in [0.3, 0.4) is 0 Å². The zero-order chi connectivity index (χ0) is 15.8. The average molecular weight is 317 g/mol. The summed E-state index contributed by atoms with van der Waals surface area (Å²) in [5.74, 6) is -0.0903. The molecule has 2 aromatic rings. The molecule has 2 rings (SSSR count). The fourth-order valence-electron chi connectivity index (χ4n) is 2.36. The average Bonchev–Trinajstić information content (AvgIpc) is 2.96. The Kier molecular flexibility index (Phi) is 6.46. The molecule has 3 nitrogen and oxygen atoms in total. The molecule has 22 heavy (non-hydrogen) atoms. The van der Waals surface area contributed by atoms with E-state index < -0.39 is 0 Å². The van der Waals surface area contributed by atoms with Crippen LogP contribution in [0, 0.1) is 0 Å². The van der Waals surface area contributed by atoms with E-state index in [1.165, 1.54) is 21.0 Å². The number of hydrogen-bond donors (Lipinski definition) is 1. The summed E-state index contributed by atoms with van der Waals surface area (Å²) in [4.78, 5) is 14.0. The second-order valence-electron chi connectivity index (χ2n) is 5.08. The van der Waals surface area contributed by atoms with E-state index in [0.29, 0.717) is 13.0 Å². The van der Waals surface area contributed by atoms with Crippen molar-refractivity contribution in [3.05, 3.63) is 41.3 Å². The van der Waals surface area contributed by atoms with Gasteiger partial charge in [0.05, 0.1) is 6.61 Å². The molecule has 1 aromatic carbocycles. The minimum atomic E-state index is -0.0903. The molecule has 4 heteroatoms. The normalized spacial score (nSPS) is 10.5. The van der Waals surface area contributed by atoms with Crippen molar-refractivity contribution in [3.8, 4) is 10.4 Å². The molecule has 0 aliphatic heterocycles. The van der Waals surface area contributed by atoms with Crippen molar-refractivity contribution in [2.75, 3.05) is 19.0 Å². The summed E-state index contributed by atoms with van der Waals surface area (Å²) in [6, 6.07) is 12.6. The van der Waals surface area contributed by atoms with E-state index in [2.05, 4.69) is 35.6 Å². The van der Waals surface area contributed by atoms with Gasteiger partial charge in [0, 0.05) is 28.9 Å². The molecule has 0 amide bonds. The van der Waals surface area contributed by atoms with E-state index in [9.17, 15) is 4.79 Å². The molecular formula is C18H23NO2S. The summed E-state index contributed by atoms with van der Waals surface area (Å²) in [5, 5.41) is 3.27. The van der Waals surface area contributed by atoms with Crippen LogP contribution in [0.15, 0.2) is 36.4 Å². The predicted octanol–water partition coefficient (Wildman–Crippen LogP) is 4.73. The van der Waals surface area contributed by atoms with Crippen LogP contribution in [0.2, 0.25) is 0 Å². The van der Waals surface area contributed by atoms with Crippen LogP contribution < -0.4 is 5.32 Å². The van der Waals surface area contributed by atoms with Crippen LogP contribution >= 0.6 is 11.3 Å². The van der Waals surface area contributed by atoms with E-state index in [-0.39, 0.29) is 5.97 Å². The summed E-state index contributed by atoms with van der Waals surface area (Å²) >= 11 is 1.83. The molecule has 1 N–H and O–H groups in total. The van der Waals surface area contributed by atoms with Gasteiger partial charge < -0.3 is 10.1 Å². The largest absolute Gasteiger partial charge is 0.466 e. The Hall–Kier alpha value is -1.81. The van der Waals surface area contributed by atoms with Gasteiger partial charge in [0.1, 0.15) is 0 Å². The number of thiophene rings is 1. The van der Waals surface area contributed by atoms with Gasteiger partial charge >= 0.3 is 5.97 Å². The fourth-order valence-corrected chi connectivity index (χ4v) is 3.57. The first-order valence-electron chi connectivity index (χ1n) is 7.76. The minimum absolute atomic E-state index is 0.0903. The number of ether oxygens (including phenoxy) is 1. The summed E-state index contributed by atoms with van der Waals surface area (Å²) < 4.78 is 4.95. The van der Waals surface area contributed by atoms with Crippen LogP contribution in [0.25, 0.3) is 10.4 Å². The third-order valence-electron chi connectivity index (χ3n) is 3.48. The summed E-state index contributed by atoms with van der Waals surface area (Å²) in [7, 11) is 1.96. The number of unbranched alkanes of at least 4 members (excludes halogenated alkanes) is 1. The Balaban J connectivity index is 1.93. The number of rotatable bonds is 8. The number of esters is 1. The fraction of sp³-hybridized carbons (Fsp3) is 0.389. The first kappa shape index (κ1) is 16.6. The van der Waals surface area contributed by atoms with Gasteiger partial charge in [-0.3, -0.25) is 4.79 Å². The highest BCUT2D eigenvalue weighted by Gasteiger charge is 2.10. The molecule has 0 aliphatic carbocycles. The highest BCUT2D eigenvalue weighted by molar-refractivity contribution is 7.16. The monoisotopic (exact) mass is 317 g/mol. The standard InChI is InChI=1S/C18H23NO2S/c1-3-21-18(20)12-8-7-11-16-15(19-2)13-17(22-16)14-9-5-4-6-10-14/h4-6,9-10,13,19H,3,7-8,11-12H2,1-2H3. The Morgan fingerprint density at radius 2 is 2.00 bits per heavy atom. The first-order valence-corrected chi connectivity index (χ1v) is 8.57. The molecule has 0 saturated carbocycles. The minimum Gasteiger partial charge on any atom is -0.466 e. The number of carbonyl (C=O) groups excluding carboxylic acids is 1. The maximum absolute atomic E-state index is 11.3. The van der Waals surface area contributed by atoms with E-state index in [4.69, 9.17) is 4.74 Å². The lowest BCUT2D eigenvalue weighted by atomic mass is 10.1. The number of aryl methyl sites for hydroxylation is 1. The van der Waals surface area contributed by atoms with Gasteiger partial charge in [-0.15, -0.1) is 11.3 Å². The molecule has 118 valence electrons. The Morgan fingerprint density at radius 1 is 1.23 bits per heavy atom. The third-order valence-corrected chi connectivity index (χ3v) is 4.72. The van der Waals surface area contributed by atoms with Crippen molar-refractivity contribution >= 4 is 23.0 Å². The number of carbonyl (C=O) groups is 1. The quantitative estimate of drug-likeness (QED) is 0.565. The van der Waals surface area contributed by atoms with Crippen LogP contribution in [0.5, 0.6) is 0 Å². The van der Waals surface area contributed by atoms with Gasteiger partial charge in [0.2, 0.25) is 0 Å². The summed E-state index contributed by atoms with van der Waals surface area (Å²) in [6.07, 6.45) is 3.38. The maximum Gasteiger partial charge on any atom is 0.305 e. The lowest BCUT2D eigenvalue weighted by molar-refractivity contribution is -0.143. The number of anilines is 1. The first-order chi connectivity index (χ1) is 10.7. The second-order valence-corrected chi connectivity index (χ2v) is 6.21. The van der Waals surface area contributed by atoms with Crippen LogP contribution in [0.4, 0.5) is 5.69 Å². The highest BCUT2D eigenvalue weighted by atomic mass is 32.1. The van der Waals surface area contributed by atoms with Crippen molar-refractivity contribution < 1.29 is 9.53 Å². The van der Waals surface area contributed by atoms with Gasteiger partial charge in [-0.25, -0.2) is 0 Å². The molecule has 0 aliphatic rings. The number of hydrogen-bond acceptors (Lipinski definition) is 4. The molecule has 0 fully saturated rings. The zero-order valence-corrected chi connectivity index (χ0v) is 14.0. The Bertz CT molecular complexity index is 592.